The summed E-state index contributed by atoms with van der Waals surface area (Å²) in [5.74, 6) is 0.234. The quantitative estimate of drug-likeness (QED) is 0.525. The van der Waals surface area contributed by atoms with E-state index in [9.17, 15) is 4.39 Å². The van der Waals surface area contributed by atoms with Crippen LogP contribution in [-0.2, 0) is 4.74 Å². The van der Waals surface area contributed by atoms with E-state index in [0.717, 1.165) is 28.0 Å². The maximum Gasteiger partial charge on any atom is 0.141 e. The van der Waals surface area contributed by atoms with Gasteiger partial charge in [-0.05, 0) is 54.8 Å². The molecule has 5 rings (SSSR count). The Kier molecular flexibility index (Phi) is 5.04. The van der Waals surface area contributed by atoms with E-state index in [4.69, 9.17) is 15.0 Å². The van der Waals surface area contributed by atoms with E-state index in [1.54, 1.807) is 18.5 Å². The van der Waals surface area contributed by atoms with Crippen molar-refractivity contribution in [3.63, 3.8) is 0 Å². The Balaban J connectivity index is 1.82. The van der Waals surface area contributed by atoms with Gasteiger partial charge in [0.05, 0.1) is 30.5 Å². The van der Waals surface area contributed by atoms with E-state index in [-0.39, 0.29) is 11.6 Å². The summed E-state index contributed by atoms with van der Waals surface area (Å²) in [6.07, 6.45) is 3.47. The first-order chi connectivity index (χ1) is 15.6. The molecule has 3 aromatic heterocycles. The van der Waals surface area contributed by atoms with Gasteiger partial charge in [-0.25, -0.2) is 9.37 Å². The molecule has 4 aromatic rings. The third-order valence-electron chi connectivity index (χ3n) is 5.83. The number of hydrogen-bond donors (Lipinski definition) is 1. The smallest absolute Gasteiger partial charge is 0.141 e. The highest BCUT2D eigenvalue weighted by atomic mass is 19.1. The predicted molar refractivity (Wildman–Crippen MR) is 120 cm³/mol. The standard InChI is InChI=1S/C24H21FN6O/c1-14-12-27-23(20-5-6-28-30-20)24-22(14)18(16-3-4-17(11-26)19(25)9-16)10-21(29-24)31-7-8-32-13-15(31)2/h3-6,9-10,12,15H,7-8,13H2,1-2H3,(H,28,30). The number of morpholine rings is 1. The van der Waals surface area contributed by atoms with Crippen molar-refractivity contribution in [2.75, 3.05) is 24.7 Å². The molecule has 1 saturated heterocycles. The number of H-pyrrole nitrogens is 1. The van der Waals surface area contributed by atoms with Crippen LogP contribution < -0.4 is 4.90 Å². The maximum absolute atomic E-state index is 14.6. The summed E-state index contributed by atoms with van der Waals surface area (Å²) in [4.78, 5) is 11.9. The highest BCUT2D eigenvalue weighted by molar-refractivity contribution is 6.03. The van der Waals surface area contributed by atoms with Crippen LogP contribution in [0, 0.1) is 24.1 Å². The molecule has 1 N–H and O–H groups in total. The van der Waals surface area contributed by atoms with Crippen molar-refractivity contribution in [1.29, 1.82) is 5.26 Å². The number of anilines is 1. The molecule has 1 aliphatic heterocycles. The average molecular weight is 428 g/mol. The minimum atomic E-state index is -0.545. The number of hydrogen-bond acceptors (Lipinski definition) is 6. The molecule has 0 bridgehead atoms. The Morgan fingerprint density at radius 3 is 2.88 bits per heavy atom. The Morgan fingerprint density at radius 1 is 1.28 bits per heavy atom. The molecule has 1 aliphatic rings. The molecule has 1 fully saturated rings. The molecule has 1 aromatic carbocycles. The zero-order valence-electron chi connectivity index (χ0n) is 17.8. The monoisotopic (exact) mass is 428 g/mol. The van der Waals surface area contributed by atoms with Crippen molar-refractivity contribution in [1.82, 2.24) is 20.2 Å². The summed E-state index contributed by atoms with van der Waals surface area (Å²) in [6.45, 7) is 5.99. The second-order valence-electron chi connectivity index (χ2n) is 7.94. The molecule has 0 amide bonds. The molecule has 32 heavy (non-hydrogen) atoms. The van der Waals surface area contributed by atoms with Gasteiger partial charge < -0.3 is 9.64 Å². The summed E-state index contributed by atoms with van der Waals surface area (Å²) in [5, 5.41) is 17.1. The Labute approximate surface area is 184 Å². The highest BCUT2D eigenvalue weighted by Crippen LogP contribution is 2.37. The number of nitriles is 1. The third kappa shape index (κ3) is 3.37. The fourth-order valence-corrected chi connectivity index (χ4v) is 4.19. The van der Waals surface area contributed by atoms with Gasteiger partial charge in [-0.2, -0.15) is 10.4 Å². The van der Waals surface area contributed by atoms with E-state index in [2.05, 4.69) is 27.0 Å². The lowest BCUT2D eigenvalue weighted by Gasteiger charge is -2.34. The Hall–Kier alpha value is -3.83. The summed E-state index contributed by atoms with van der Waals surface area (Å²) in [5.41, 5.74) is 4.62. The first-order valence-electron chi connectivity index (χ1n) is 10.4. The number of pyridine rings is 2. The topological polar surface area (TPSA) is 90.7 Å². The number of aromatic nitrogens is 4. The van der Waals surface area contributed by atoms with E-state index in [1.165, 1.54) is 12.1 Å². The summed E-state index contributed by atoms with van der Waals surface area (Å²) >= 11 is 0. The molecule has 4 heterocycles. The second-order valence-corrected chi connectivity index (χ2v) is 7.94. The van der Waals surface area contributed by atoms with Gasteiger partial charge in [0, 0.05) is 24.3 Å². The summed E-state index contributed by atoms with van der Waals surface area (Å²) in [7, 11) is 0. The summed E-state index contributed by atoms with van der Waals surface area (Å²) in [6, 6.07) is 10.6. The molecule has 1 atom stereocenters. The Bertz CT molecular complexity index is 1350. The van der Waals surface area contributed by atoms with E-state index in [0.29, 0.717) is 36.5 Å². The van der Waals surface area contributed by atoms with Gasteiger partial charge in [0.2, 0.25) is 0 Å². The second kappa shape index (κ2) is 8.02. The molecule has 0 radical (unpaired) electrons. The number of ether oxygens (including phenoxy) is 1. The zero-order chi connectivity index (χ0) is 22.2. The van der Waals surface area contributed by atoms with Crippen molar-refractivity contribution < 1.29 is 9.13 Å². The minimum absolute atomic E-state index is 0.0191. The van der Waals surface area contributed by atoms with Crippen LogP contribution in [0.25, 0.3) is 33.4 Å². The molecule has 0 saturated carbocycles. The highest BCUT2D eigenvalue weighted by Gasteiger charge is 2.24. The van der Waals surface area contributed by atoms with Crippen LogP contribution in [0.3, 0.4) is 0 Å². The molecular weight excluding hydrogens is 407 g/mol. The Morgan fingerprint density at radius 2 is 2.16 bits per heavy atom. The van der Waals surface area contributed by atoms with Crippen molar-refractivity contribution >= 4 is 16.7 Å². The van der Waals surface area contributed by atoms with Crippen molar-refractivity contribution in [3.8, 4) is 28.6 Å². The molecular formula is C24H21FN6O. The number of halogens is 1. The van der Waals surface area contributed by atoms with Gasteiger partial charge in [-0.3, -0.25) is 10.1 Å². The minimum Gasteiger partial charge on any atom is -0.377 e. The van der Waals surface area contributed by atoms with Gasteiger partial charge in [0.25, 0.3) is 0 Å². The maximum atomic E-state index is 14.6. The number of rotatable bonds is 3. The lowest BCUT2D eigenvalue weighted by molar-refractivity contribution is 0.0986. The van der Waals surface area contributed by atoms with Crippen molar-refractivity contribution in [2.24, 2.45) is 0 Å². The number of fused-ring (bicyclic) bond motifs is 1. The SMILES string of the molecule is Cc1cnc(-c2ccn[nH]2)c2nc(N3CCOCC3C)cc(-c3ccc(C#N)c(F)c3)c12. The fourth-order valence-electron chi connectivity index (χ4n) is 4.19. The predicted octanol–water partition coefficient (Wildman–Crippen LogP) is 4.23. The average Bonchev–Trinajstić information content (AvgIpc) is 3.33. The van der Waals surface area contributed by atoms with Crippen LogP contribution in [0.4, 0.5) is 10.2 Å². The lowest BCUT2D eigenvalue weighted by atomic mass is 9.96. The van der Waals surface area contributed by atoms with Gasteiger partial charge in [-0.1, -0.05) is 6.07 Å². The third-order valence-corrected chi connectivity index (χ3v) is 5.83. The summed E-state index contributed by atoms with van der Waals surface area (Å²) < 4.78 is 20.2. The number of aromatic amines is 1. The number of nitrogens with one attached hydrogen (secondary N) is 1. The number of nitrogens with zero attached hydrogens (tertiary/aromatic N) is 5. The van der Waals surface area contributed by atoms with Gasteiger partial charge in [0.1, 0.15) is 28.9 Å². The number of aryl methyl sites for hydroxylation is 1. The van der Waals surface area contributed by atoms with E-state index >= 15 is 0 Å². The van der Waals surface area contributed by atoms with Crippen LogP contribution in [0.15, 0.2) is 42.7 Å². The molecule has 160 valence electrons. The van der Waals surface area contributed by atoms with Crippen molar-refractivity contribution in [2.45, 2.75) is 19.9 Å². The normalized spacial score (nSPS) is 16.3. The van der Waals surface area contributed by atoms with Crippen LogP contribution in [0.2, 0.25) is 0 Å². The van der Waals surface area contributed by atoms with Crippen LogP contribution >= 0.6 is 0 Å². The van der Waals surface area contributed by atoms with E-state index < -0.39 is 5.82 Å². The van der Waals surface area contributed by atoms with Gasteiger partial charge in [-0.15, -0.1) is 0 Å². The molecule has 0 spiro atoms. The fraction of sp³-hybridized carbons (Fsp3) is 0.250. The first kappa shape index (κ1) is 20.1. The van der Waals surface area contributed by atoms with Gasteiger partial charge in [0.15, 0.2) is 0 Å². The molecule has 7 nitrogen and oxygen atoms in total. The van der Waals surface area contributed by atoms with E-state index in [1.807, 2.05) is 25.1 Å². The van der Waals surface area contributed by atoms with Crippen molar-refractivity contribution in [3.05, 3.63) is 59.7 Å². The van der Waals surface area contributed by atoms with Crippen LogP contribution in [0.5, 0.6) is 0 Å². The molecule has 1 unspecified atom stereocenters. The molecule has 8 heteroatoms. The van der Waals surface area contributed by atoms with Crippen LogP contribution in [0.1, 0.15) is 18.1 Å². The van der Waals surface area contributed by atoms with Gasteiger partial charge >= 0.3 is 0 Å². The molecule has 0 aliphatic carbocycles. The lowest BCUT2D eigenvalue weighted by Crippen LogP contribution is -2.44. The zero-order valence-corrected chi connectivity index (χ0v) is 17.8. The number of benzene rings is 1. The largest absolute Gasteiger partial charge is 0.377 e. The first-order valence-corrected chi connectivity index (χ1v) is 10.4. The van der Waals surface area contributed by atoms with Crippen LogP contribution in [-0.4, -0.2) is 46.0 Å².